The molecule has 2 heterocycles. The van der Waals surface area contributed by atoms with E-state index in [0.29, 0.717) is 10.6 Å². The minimum absolute atomic E-state index is 0.0311. The molecule has 0 aliphatic heterocycles. The van der Waals surface area contributed by atoms with Crippen molar-refractivity contribution in [3.05, 3.63) is 44.1 Å². The number of carbonyl (C=O) groups excluding carboxylic acids is 1. The zero-order valence-electron chi connectivity index (χ0n) is 12.9. The van der Waals surface area contributed by atoms with E-state index in [1.165, 1.54) is 4.88 Å². The largest absolute Gasteiger partial charge is 0.334 e. The van der Waals surface area contributed by atoms with Crippen LogP contribution in [0.1, 0.15) is 50.4 Å². The van der Waals surface area contributed by atoms with E-state index in [1.54, 1.807) is 23.7 Å². The Bertz CT molecular complexity index is 728. The Morgan fingerprint density at radius 1 is 1.41 bits per heavy atom. The molecule has 1 atom stereocenters. The minimum atomic E-state index is -0.0311. The summed E-state index contributed by atoms with van der Waals surface area (Å²) in [7, 11) is 1.86. The molecule has 0 aromatic carbocycles. The number of thiazole rings is 1. The Hall–Kier alpha value is -1.46. The Morgan fingerprint density at radius 2 is 2.18 bits per heavy atom. The van der Waals surface area contributed by atoms with Crippen LogP contribution in [0.15, 0.2) is 12.4 Å². The second-order valence-electron chi connectivity index (χ2n) is 5.66. The Labute approximate surface area is 139 Å². The van der Waals surface area contributed by atoms with E-state index in [4.69, 9.17) is 11.6 Å². The van der Waals surface area contributed by atoms with Gasteiger partial charge in [0.25, 0.3) is 5.91 Å². The van der Waals surface area contributed by atoms with Crippen LogP contribution in [-0.2, 0) is 6.42 Å². The van der Waals surface area contributed by atoms with Crippen LogP contribution in [0.2, 0.25) is 5.02 Å². The third kappa shape index (κ3) is 2.63. The monoisotopic (exact) mass is 335 g/mol. The van der Waals surface area contributed by atoms with E-state index in [9.17, 15) is 4.79 Å². The normalized spacial score (nSPS) is 17.2. The molecule has 3 rings (SSSR count). The molecule has 6 heteroatoms. The highest BCUT2D eigenvalue weighted by Gasteiger charge is 2.30. The summed E-state index contributed by atoms with van der Waals surface area (Å²) in [6, 6.07) is 0.0980. The van der Waals surface area contributed by atoms with Crippen molar-refractivity contribution in [1.82, 2.24) is 14.9 Å². The first-order valence-electron chi connectivity index (χ1n) is 7.32. The lowest BCUT2D eigenvalue weighted by Gasteiger charge is -2.31. The van der Waals surface area contributed by atoms with Gasteiger partial charge < -0.3 is 4.90 Å². The zero-order valence-corrected chi connectivity index (χ0v) is 14.5. The molecule has 0 saturated heterocycles. The molecule has 0 bridgehead atoms. The Morgan fingerprint density at radius 3 is 2.95 bits per heavy atom. The molecule has 1 unspecified atom stereocenters. The molecular formula is C16H18ClN3OS. The maximum Gasteiger partial charge on any atom is 0.256 e. The predicted octanol–water partition coefficient (Wildman–Crippen LogP) is 3.96. The predicted molar refractivity (Wildman–Crippen MR) is 88.6 cm³/mol. The number of halogens is 1. The second kappa shape index (κ2) is 5.97. The van der Waals surface area contributed by atoms with Gasteiger partial charge in [0.05, 0.1) is 32.2 Å². The first-order valence-corrected chi connectivity index (χ1v) is 8.52. The van der Waals surface area contributed by atoms with Crippen molar-refractivity contribution in [3.63, 3.8) is 0 Å². The highest BCUT2D eigenvalue weighted by Crippen LogP contribution is 2.38. The standard InChI is InChI=1S/C16H18ClN3OS/c1-9-11(7-18-8-12(9)17)16(21)20(3)14-6-4-5-13-15(14)22-10(2)19-13/h7-8,14H,4-6H2,1-3H3. The van der Waals surface area contributed by atoms with Gasteiger partial charge in [0.15, 0.2) is 0 Å². The molecule has 0 radical (unpaired) electrons. The summed E-state index contributed by atoms with van der Waals surface area (Å²) < 4.78 is 0. The number of pyridine rings is 1. The van der Waals surface area contributed by atoms with Crippen LogP contribution in [0.3, 0.4) is 0 Å². The highest BCUT2D eigenvalue weighted by molar-refractivity contribution is 7.11. The number of aryl methyl sites for hydroxylation is 2. The van der Waals surface area contributed by atoms with Gasteiger partial charge in [-0.2, -0.15) is 0 Å². The summed E-state index contributed by atoms with van der Waals surface area (Å²) in [4.78, 5) is 24.5. The fourth-order valence-electron chi connectivity index (χ4n) is 2.94. The van der Waals surface area contributed by atoms with Crippen LogP contribution < -0.4 is 0 Å². The topological polar surface area (TPSA) is 46.1 Å². The minimum Gasteiger partial charge on any atom is -0.334 e. The molecule has 1 aliphatic rings. The summed E-state index contributed by atoms with van der Waals surface area (Å²) in [5.74, 6) is -0.0311. The van der Waals surface area contributed by atoms with Crippen LogP contribution in [0, 0.1) is 13.8 Å². The lowest BCUT2D eigenvalue weighted by molar-refractivity contribution is 0.0717. The zero-order chi connectivity index (χ0) is 15.9. The average Bonchev–Trinajstić information content (AvgIpc) is 2.88. The molecular weight excluding hydrogens is 318 g/mol. The van der Waals surface area contributed by atoms with E-state index >= 15 is 0 Å². The van der Waals surface area contributed by atoms with E-state index in [1.807, 2.05) is 25.8 Å². The third-order valence-corrected chi connectivity index (χ3v) is 5.70. The number of fused-ring (bicyclic) bond motifs is 1. The number of amides is 1. The first-order chi connectivity index (χ1) is 10.5. The number of hydrogen-bond acceptors (Lipinski definition) is 4. The molecule has 116 valence electrons. The molecule has 1 aliphatic carbocycles. The van der Waals surface area contributed by atoms with Crippen molar-refractivity contribution in [1.29, 1.82) is 0 Å². The number of hydrogen-bond donors (Lipinski definition) is 0. The molecule has 0 saturated carbocycles. The van der Waals surface area contributed by atoms with Crippen LogP contribution in [0.25, 0.3) is 0 Å². The number of carbonyl (C=O) groups is 1. The number of rotatable bonds is 2. The quantitative estimate of drug-likeness (QED) is 0.834. The van der Waals surface area contributed by atoms with Crippen LogP contribution in [0.4, 0.5) is 0 Å². The average molecular weight is 336 g/mol. The van der Waals surface area contributed by atoms with Gasteiger partial charge in [-0.15, -0.1) is 11.3 Å². The van der Waals surface area contributed by atoms with Crippen LogP contribution >= 0.6 is 22.9 Å². The van der Waals surface area contributed by atoms with Gasteiger partial charge in [0.1, 0.15) is 0 Å². The van der Waals surface area contributed by atoms with Crippen molar-refractivity contribution in [2.24, 2.45) is 0 Å². The molecule has 2 aromatic heterocycles. The highest BCUT2D eigenvalue weighted by atomic mass is 35.5. The summed E-state index contributed by atoms with van der Waals surface area (Å²) in [5, 5.41) is 1.59. The molecule has 1 amide bonds. The molecule has 4 nitrogen and oxygen atoms in total. The SMILES string of the molecule is Cc1nc2c(s1)C(N(C)C(=O)c1cncc(Cl)c1C)CCC2. The summed E-state index contributed by atoms with van der Waals surface area (Å²) in [5.41, 5.74) is 2.51. The van der Waals surface area contributed by atoms with Gasteiger partial charge in [-0.25, -0.2) is 4.98 Å². The van der Waals surface area contributed by atoms with E-state index < -0.39 is 0 Å². The molecule has 0 spiro atoms. The number of nitrogens with zero attached hydrogens (tertiary/aromatic N) is 3. The second-order valence-corrected chi connectivity index (χ2v) is 7.30. The van der Waals surface area contributed by atoms with Crippen molar-refractivity contribution in [2.45, 2.75) is 39.2 Å². The van der Waals surface area contributed by atoms with Crippen LogP contribution in [-0.4, -0.2) is 27.8 Å². The van der Waals surface area contributed by atoms with Crippen molar-refractivity contribution in [2.75, 3.05) is 7.05 Å². The van der Waals surface area contributed by atoms with E-state index in [-0.39, 0.29) is 11.9 Å². The van der Waals surface area contributed by atoms with E-state index in [2.05, 4.69) is 9.97 Å². The summed E-state index contributed by atoms with van der Waals surface area (Å²) >= 11 is 7.79. The summed E-state index contributed by atoms with van der Waals surface area (Å²) in [6.45, 7) is 3.88. The van der Waals surface area contributed by atoms with Crippen molar-refractivity contribution < 1.29 is 4.79 Å². The fraction of sp³-hybridized carbons (Fsp3) is 0.438. The van der Waals surface area contributed by atoms with Gasteiger partial charge in [0.2, 0.25) is 0 Å². The Balaban J connectivity index is 1.93. The first kappa shape index (κ1) is 15.4. The van der Waals surface area contributed by atoms with Gasteiger partial charge >= 0.3 is 0 Å². The van der Waals surface area contributed by atoms with Crippen molar-refractivity contribution in [3.8, 4) is 0 Å². The van der Waals surface area contributed by atoms with E-state index in [0.717, 1.165) is 35.5 Å². The fourth-order valence-corrected chi connectivity index (χ4v) is 4.25. The lowest BCUT2D eigenvalue weighted by atomic mass is 9.96. The Kier molecular flexibility index (Phi) is 4.19. The van der Waals surface area contributed by atoms with Crippen molar-refractivity contribution >= 4 is 28.8 Å². The smallest absolute Gasteiger partial charge is 0.256 e. The number of aromatic nitrogens is 2. The third-order valence-electron chi connectivity index (χ3n) is 4.20. The maximum absolute atomic E-state index is 12.8. The van der Waals surface area contributed by atoms with Gasteiger partial charge in [-0.3, -0.25) is 9.78 Å². The van der Waals surface area contributed by atoms with Gasteiger partial charge in [0, 0.05) is 19.4 Å². The van der Waals surface area contributed by atoms with Gasteiger partial charge in [-0.1, -0.05) is 11.6 Å². The van der Waals surface area contributed by atoms with Crippen LogP contribution in [0.5, 0.6) is 0 Å². The maximum atomic E-state index is 12.8. The summed E-state index contributed by atoms with van der Waals surface area (Å²) in [6.07, 6.45) is 6.21. The molecule has 2 aromatic rings. The lowest BCUT2D eigenvalue weighted by Crippen LogP contribution is -2.33. The molecule has 0 N–H and O–H groups in total. The molecule has 22 heavy (non-hydrogen) atoms. The molecule has 0 fully saturated rings. The van der Waals surface area contributed by atoms with Gasteiger partial charge in [-0.05, 0) is 38.7 Å².